The van der Waals surface area contributed by atoms with Crippen molar-refractivity contribution in [3.05, 3.63) is 158 Å². The molecular weight excluding hydrogens is 560 g/mol. The molecule has 0 fully saturated rings. The van der Waals surface area contributed by atoms with Crippen LogP contribution in [0.5, 0.6) is 0 Å². The van der Waals surface area contributed by atoms with E-state index in [1.807, 2.05) is 18.2 Å². The lowest BCUT2D eigenvalue weighted by molar-refractivity contribution is 0.669. The summed E-state index contributed by atoms with van der Waals surface area (Å²) in [4.78, 5) is 0. The van der Waals surface area contributed by atoms with Crippen LogP contribution in [0.3, 0.4) is 0 Å². The average Bonchev–Trinajstić information content (AvgIpc) is 3.68. The van der Waals surface area contributed by atoms with Gasteiger partial charge in [0.25, 0.3) is 0 Å². The zero-order valence-electron chi connectivity index (χ0n) is 24.8. The zero-order valence-corrected chi connectivity index (χ0v) is 24.8. The summed E-state index contributed by atoms with van der Waals surface area (Å²) >= 11 is 0. The Hall–Kier alpha value is -6.12. The Morgan fingerprint density at radius 3 is 1.70 bits per heavy atom. The van der Waals surface area contributed by atoms with Gasteiger partial charge in [-0.15, -0.1) is 0 Å². The largest absolute Gasteiger partial charge is 0.456 e. The third-order valence-electron chi connectivity index (χ3n) is 9.48. The van der Waals surface area contributed by atoms with Gasteiger partial charge in [0, 0.05) is 32.7 Å². The Balaban J connectivity index is 1.25. The van der Waals surface area contributed by atoms with E-state index in [9.17, 15) is 0 Å². The maximum atomic E-state index is 6.79. The minimum absolute atomic E-state index is 0.882. The molecule has 8 aromatic carbocycles. The number of rotatable bonds is 3. The number of fused-ring (bicyclic) bond motifs is 8. The smallest absolute Gasteiger partial charge is 0.144 e. The molecule has 0 saturated carbocycles. The zero-order chi connectivity index (χ0) is 30.2. The van der Waals surface area contributed by atoms with E-state index in [1.54, 1.807) is 0 Å². The number of para-hydroxylation sites is 2. The van der Waals surface area contributed by atoms with E-state index in [0.717, 1.165) is 71.5 Å². The molecule has 2 aromatic heterocycles. The summed E-state index contributed by atoms with van der Waals surface area (Å²) in [5.74, 6) is 0. The highest BCUT2D eigenvalue weighted by Gasteiger charge is 2.23. The first-order chi connectivity index (χ1) is 22.8. The fourth-order valence-electron chi connectivity index (χ4n) is 7.41. The summed E-state index contributed by atoms with van der Waals surface area (Å²) < 4.78 is 13.1. The summed E-state index contributed by atoms with van der Waals surface area (Å²) in [6.07, 6.45) is 0. The third-order valence-corrected chi connectivity index (χ3v) is 9.48. The van der Waals surface area contributed by atoms with Crippen molar-refractivity contribution in [2.45, 2.75) is 0 Å². The summed E-state index contributed by atoms with van der Waals surface area (Å²) in [6, 6.07) is 56.0. The fraction of sp³-hybridized carbons (Fsp3) is 0. The van der Waals surface area contributed by atoms with Crippen LogP contribution in [0.25, 0.3) is 98.8 Å². The van der Waals surface area contributed by atoms with Gasteiger partial charge in [-0.05, 0) is 68.1 Å². The SMILES string of the molecule is c1ccc2c(-c3ccc(-c4c5ccccc5c(-c5ccc6c(c5)oc5ccccc56)c5c4oc4ccccc45)cc3)cccc2c1. The van der Waals surface area contributed by atoms with Crippen LogP contribution in [0.15, 0.2) is 167 Å². The monoisotopic (exact) mass is 586 g/mol. The molecule has 0 radical (unpaired) electrons. The van der Waals surface area contributed by atoms with Gasteiger partial charge in [-0.25, -0.2) is 0 Å². The molecule has 0 atom stereocenters. The molecule has 214 valence electrons. The van der Waals surface area contributed by atoms with E-state index in [1.165, 1.54) is 27.3 Å². The van der Waals surface area contributed by atoms with Crippen LogP contribution in [0, 0.1) is 0 Å². The van der Waals surface area contributed by atoms with Crippen molar-refractivity contribution in [1.82, 2.24) is 0 Å². The molecule has 0 aliphatic rings. The predicted octanol–water partition coefficient (Wildman–Crippen LogP) is 12.8. The predicted molar refractivity (Wildman–Crippen MR) is 192 cm³/mol. The molecule has 0 bridgehead atoms. The molecule has 10 aromatic rings. The van der Waals surface area contributed by atoms with Gasteiger partial charge < -0.3 is 8.83 Å². The van der Waals surface area contributed by atoms with E-state index in [2.05, 4.69) is 140 Å². The minimum atomic E-state index is 0.882. The molecule has 0 unspecified atom stereocenters. The van der Waals surface area contributed by atoms with E-state index in [4.69, 9.17) is 8.83 Å². The molecule has 0 saturated heterocycles. The second-order valence-electron chi connectivity index (χ2n) is 12.0. The molecule has 2 heterocycles. The Morgan fingerprint density at radius 1 is 0.326 bits per heavy atom. The minimum Gasteiger partial charge on any atom is -0.456 e. The van der Waals surface area contributed by atoms with Gasteiger partial charge in [-0.3, -0.25) is 0 Å². The topological polar surface area (TPSA) is 26.3 Å². The molecule has 2 nitrogen and oxygen atoms in total. The second-order valence-corrected chi connectivity index (χ2v) is 12.0. The summed E-state index contributed by atoms with van der Waals surface area (Å²) in [5, 5.41) is 9.34. The molecule has 0 N–H and O–H groups in total. The average molecular weight is 587 g/mol. The number of hydrogen-bond acceptors (Lipinski definition) is 2. The lowest BCUT2D eigenvalue weighted by Crippen LogP contribution is -1.89. The van der Waals surface area contributed by atoms with Crippen molar-refractivity contribution in [2.75, 3.05) is 0 Å². The molecule has 0 spiro atoms. The Labute approximate surface area is 264 Å². The van der Waals surface area contributed by atoms with Gasteiger partial charge in [-0.1, -0.05) is 133 Å². The van der Waals surface area contributed by atoms with Crippen molar-refractivity contribution in [1.29, 1.82) is 0 Å². The number of hydrogen-bond donors (Lipinski definition) is 0. The van der Waals surface area contributed by atoms with Gasteiger partial charge >= 0.3 is 0 Å². The first-order valence-electron chi connectivity index (χ1n) is 15.7. The molecule has 0 amide bonds. The molecule has 46 heavy (non-hydrogen) atoms. The van der Waals surface area contributed by atoms with Crippen LogP contribution in [0.1, 0.15) is 0 Å². The molecule has 10 rings (SSSR count). The fourth-order valence-corrected chi connectivity index (χ4v) is 7.41. The summed E-state index contributed by atoms with van der Waals surface area (Å²) in [5.41, 5.74) is 10.5. The van der Waals surface area contributed by atoms with Gasteiger partial charge in [0.05, 0.1) is 0 Å². The maximum absolute atomic E-state index is 6.79. The van der Waals surface area contributed by atoms with Gasteiger partial charge in [-0.2, -0.15) is 0 Å². The Bertz CT molecular complexity index is 2790. The number of furan rings is 2. The van der Waals surface area contributed by atoms with Crippen molar-refractivity contribution in [3.63, 3.8) is 0 Å². The van der Waals surface area contributed by atoms with Crippen molar-refractivity contribution in [2.24, 2.45) is 0 Å². The lowest BCUT2D eigenvalue weighted by atomic mass is 9.87. The first kappa shape index (κ1) is 25.2. The third kappa shape index (κ3) is 3.65. The second kappa shape index (κ2) is 9.69. The highest BCUT2D eigenvalue weighted by Crippen LogP contribution is 2.48. The van der Waals surface area contributed by atoms with E-state index in [0.29, 0.717) is 0 Å². The quantitative estimate of drug-likeness (QED) is 0.206. The van der Waals surface area contributed by atoms with Crippen molar-refractivity contribution < 1.29 is 8.83 Å². The molecular formula is C44H26O2. The van der Waals surface area contributed by atoms with E-state index >= 15 is 0 Å². The van der Waals surface area contributed by atoms with Gasteiger partial charge in [0.1, 0.15) is 22.3 Å². The molecule has 2 heteroatoms. The standard InChI is InChI=1S/C44H26O2/c1-2-12-31-27(10-1)11-9-17-32(31)28-20-22-29(23-21-28)42-36-15-4-3-14-35(36)41(43-37-16-6-8-19-39(37)46-44(42)43)30-24-25-34-33-13-5-7-18-38(33)45-40(34)26-30/h1-26H. The van der Waals surface area contributed by atoms with Crippen molar-refractivity contribution in [3.8, 4) is 33.4 Å². The van der Waals surface area contributed by atoms with Crippen LogP contribution in [0.2, 0.25) is 0 Å². The molecule has 0 aliphatic heterocycles. The van der Waals surface area contributed by atoms with E-state index in [-0.39, 0.29) is 0 Å². The normalized spacial score (nSPS) is 11.9. The maximum Gasteiger partial charge on any atom is 0.144 e. The van der Waals surface area contributed by atoms with Crippen molar-refractivity contribution >= 4 is 65.4 Å². The van der Waals surface area contributed by atoms with Crippen LogP contribution in [-0.2, 0) is 0 Å². The number of benzene rings is 8. The highest BCUT2D eigenvalue weighted by atomic mass is 16.3. The summed E-state index contributed by atoms with van der Waals surface area (Å²) in [6.45, 7) is 0. The van der Waals surface area contributed by atoms with Gasteiger partial charge in [0.15, 0.2) is 0 Å². The molecule has 0 aliphatic carbocycles. The van der Waals surface area contributed by atoms with Crippen LogP contribution in [0.4, 0.5) is 0 Å². The van der Waals surface area contributed by atoms with Crippen LogP contribution in [-0.4, -0.2) is 0 Å². The van der Waals surface area contributed by atoms with Crippen LogP contribution >= 0.6 is 0 Å². The lowest BCUT2D eigenvalue weighted by Gasteiger charge is -2.15. The van der Waals surface area contributed by atoms with E-state index < -0.39 is 0 Å². The highest BCUT2D eigenvalue weighted by molar-refractivity contribution is 6.27. The summed E-state index contributed by atoms with van der Waals surface area (Å²) in [7, 11) is 0. The first-order valence-corrected chi connectivity index (χ1v) is 15.7. The van der Waals surface area contributed by atoms with Crippen LogP contribution < -0.4 is 0 Å². The van der Waals surface area contributed by atoms with Gasteiger partial charge in [0.2, 0.25) is 0 Å². The Kier molecular flexibility index (Phi) is 5.31. The Morgan fingerprint density at radius 2 is 0.891 bits per heavy atom.